The van der Waals surface area contributed by atoms with Gasteiger partial charge in [0.1, 0.15) is 0 Å². The summed E-state index contributed by atoms with van der Waals surface area (Å²) in [5.41, 5.74) is 0. The van der Waals surface area contributed by atoms with E-state index >= 15 is 0 Å². The lowest BCUT2D eigenvalue weighted by Crippen LogP contribution is -2.05. The number of hydrogen-bond acceptors (Lipinski definition) is 1. The average Bonchev–Trinajstić information content (AvgIpc) is 1.86. The number of thiol groups is 1. The fourth-order valence-corrected chi connectivity index (χ4v) is 1.93. The second-order valence-corrected chi connectivity index (χ2v) is 6.96. The molecule has 3 heteroatoms. The molecule has 0 aliphatic rings. The van der Waals surface area contributed by atoms with Crippen molar-refractivity contribution in [2.24, 2.45) is 0 Å². The molecule has 0 radical (unpaired) electrons. The lowest BCUT2D eigenvalue weighted by Gasteiger charge is -2.11. The van der Waals surface area contributed by atoms with E-state index in [1.54, 1.807) is 12.5 Å². The summed E-state index contributed by atoms with van der Waals surface area (Å²) in [5, 5.41) is 0. The molecule has 11 heavy (non-hydrogen) atoms. The van der Waals surface area contributed by atoms with Gasteiger partial charge in [0, 0.05) is 9.37 Å². The zero-order chi connectivity index (χ0) is 8.48. The van der Waals surface area contributed by atoms with Crippen LogP contribution in [0, 0.1) is 0 Å². The van der Waals surface area contributed by atoms with Crippen LogP contribution >= 0.6 is 15.9 Å². The lowest BCUT2D eigenvalue weighted by atomic mass is 10.4. The van der Waals surface area contributed by atoms with Gasteiger partial charge in [0.05, 0.1) is 0 Å². The van der Waals surface area contributed by atoms with Crippen molar-refractivity contribution in [1.82, 2.24) is 0 Å². The minimum Gasteiger partial charge on any atom is -0.281 e. The van der Waals surface area contributed by atoms with Gasteiger partial charge in [-0.15, -0.1) is 0 Å². The zero-order valence-electron chi connectivity index (χ0n) is 6.54. The monoisotopic (exact) mass is 234 g/mol. The summed E-state index contributed by atoms with van der Waals surface area (Å²) < 4.78 is 12.5. The Kier molecular flexibility index (Phi) is 2.50. The molecule has 1 aromatic carbocycles. The highest BCUT2D eigenvalue weighted by molar-refractivity contribution is 9.10. The fourth-order valence-electron chi connectivity index (χ4n) is 0.800. The summed E-state index contributed by atoms with van der Waals surface area (Å²) in [4.78, 5) is 0.931. The molecule has 62 valence electrons. The Morgan fingerprint density at radius 2 is 1.64 bits per heavy atom. The SMILES string of the molecule is C[SH](C)(=O)c1ccc(Br)cc1. The molecule has 0 N–H and O–H groups in total. The lowest BCUT2D eigenvalue weighted by molar-refractivity contribution is 0.678. The van der Waals surface area contributed by atoms with E-state index in [2.05, 4.69) is 15.9 Å². The van der Waals surface area contributed by atoms with Gasteiger partial charge < -0.3 is 0 Å². The molecular weight excluding hydrogens is 224 g/mol. The second kappa shape index (κ2) is 3.07. The van der Waals surface area contributed by atoms with Gasteiger partial charge in [0.2, 0.25) is 0 Å². The maximum absolute atomic E-state index is 11.5. The molecule has 0 aliphatic heterocycles. The quantitative estimate of drug-likeness (QED) is 0.737. The third-order valence-corrected chi connectivity index (χ3v) is 3.52. The second-order valence-electron chi connectivity index (χ2n) is 2.83. The molecule has 0 unspecified atom stereocenters. The van der Waals surface area contributed by atoms with E-state index in [0.717, 1.165) is 9.37 Å². The topological polar surface area (TPSA) is 17.1 Å². The van der Waals surface area contributed by atoms with E-state index in [1.807, 2.05) is 24.3 Å². The number of halogens is 1. The first-order valence-corrected chi connectivity index (χ1v) is 6.71. The Morgan fingerprint density at radius 3 is 2.00 bits per heavy atom. The summed E-state index contributed by atoms with van der Waals surface area (Å²) in [6.07, 6.45) is 3.55. The molecule has 0 fully saturated rings. The van der Waals surface area contributed by atoms with Crippen molar-refractivity contribution in [2.75, 3.05) is 12.5 Å². The van der Waals surface area contributed by atoms with Crippen LogP contribution in [0.2, 0.25) is 0 Å². The van der Waals surface area contributed by atoms with Crippen molar-refractivity contribution in [1.29, 1.82) is 0 Å². The van der Waals surface area contributed by atoms with Gasteiger partial charge in [0.15, 0.2) is 0 Å². The van der Waals surface area contributed by atoms with E-state index in [9.17, 15) is 4.21 Å². The van der Waals surface area contributed by atoms with Gasteiger partial charge in [-0.05, 0) is 36.8 Å². The normalized spacial score (nSPS) is 13.0. The molecule has 1 rings (SSSR count). The Balaban J connectivity index is 3.09. The van der Waals surface area contributed by atoms with Crippen molar-refractivity contribution in [2.45, 2.75) is 4.90 Å². The van der Waals surface area contributed by atoms with Crippen LogP contribution in [-0.2, 0) is 9.93 Å². The van der Waals surface area contributed by atoms with Crippen molar-refractivity contribution in [3.05, 3.63) is 28.7 Å². The van der Waals surface area contributed by atoms with Gasteiger partial charge >= 0.3 is 0 Å². The van der Waals surface area contributed by atoms with E-state index < -0.39 is 9.93 Å². The van der Waals surface area contributed by atoms with E-state index in [4.69, 9.17) is 0 Å². The standard InChI is InChI=1S/C8H11BrOS/c1-11(2,10)8-5-3-7(9)4-6-8/h3-6,11H,1-2H3. The van der Waals surface area contributed by atoms with E-state index in [-0.39, 0.29) is 0 Å². The van der Waals surface area contributed by atoms with Crippen molar-refractivity contribution >= 4 is 25.9 Å². The van der Waals surface area contributed by atoms with E-state index in [0.29, 0.717) is 0 Å². The molecule has 1 aromatic rings. The van der Waals surface area contributed by atoms with Crippen LogP contribution < -0.4 is 0 Å². The Hall–Kier alpha value is -0.150. The average molecular weight is 235 g/mol. The molecule has 0 heterocycles. The van der Waals surface area contributed by atoms with Crippen molar-refractivity contribution < 1.29 is 4.21 Å². The third kappa shape index (κ3) is 2.42. The smallest absolute Gasteiger partial charge is 0.0176 e. The van der Waals surface area contributed by atoms with E-state index in [1.165, 1.54) is 0 Å². The molecule has 0 saturated carbocycles. The van der Waals surface area contributed by atoms with Crippen LogP contribution in [-0.4, -0.2) is 16.7 Å². The van der Waals surface area contributed by atoms with Crippen LogP contribution in [0.15, 0.2) is 33.6 Å². The first-order valence-electron chi connectivity index (χ1n) is 3.31. The number of benzene rings is 1. The number of hydrogen-bond donors (Lipinski definition) is 1. The highest BCUT2D eigenvalue weighted by Crippen LogP contribution is 2.16. The molecule has 1 nitrogen and oxygen atoms in total. The molecule has 0 bridgehead atoms. The maximum Gasteiger partial charge on any atom is 0.0176 e. The summed E-state index contributed by atoms with van der Waals surface area (Å²) in [5.74, 6) is 0. The Bertz CT molecular complexity index is 285. The maximum atomic E-state index is 11.5. The summed E-state index contributed by atoms with van der Waals surface area (Å²) in [6, 6.07) is 7.61. The summed E-state index contributed by atoms with van der Waals surface area (Å²) >= 11 is 3.32. The fraction of sp³-hybridized carbons (Fsp3) is 0.250. The van der Waals surface area contributed by atoms with Crippen molar-refractivity contribution in [3.8, 4) is 0 Å². The first-order chi connectivity index (χ1) is 5.00. The van der Waals surface area contributed by atoms with Crippen molar-refractivity contribution in [3.63, 3.8) is 0 Å². The summed E-state index contributed by atoms with van der Waals surface area (Å²) in [6.45, 7) is 0. The van der Waals surface area contributed by atoms with Gasteiger partial charge in [-0.3, -0.25) is 4.21 Å². The molecule has 0 saturated heterocycles. The van der Waals surface area contributed by atoms with Gasteiger partial charge in [0.25, 0.3) is 0 Å². The largest absolute Gasteiger partial charge is 0.281 e. The minimum absolute atomic E-state index is 0.931. The molecule has 0 spiro atoms. The van der Waals surface area contributed by atoms with Crippen LogP contribution in [0.1, 0.15) is 0 Å². The third-order valence-electron chi connectivity index (χ3n) is 1.45. The van der Waals surface area contributed by atoms with Gasteiger partial charge in [-0.2, -0.15) is 0 Å². The highest BCUT2D eigenvalue weighted by Gasteiger charge is 2.02. The first kappa shape index (κ1) is 8.94. The van der Waals surface area contributed by atoms with Crippen LogP contribution in [0.4, 0.5) is 0 Å². The summed E-state index contributed by atoms with van der Waals surface area (Å²) in [7, 11) is -2.06. The molecule has 0 aromatic heterocycles. The Labute approximate surface area is 76.4 Å². The zero-order valence-corrected chi connectivity index (χ0v) is 9.02. The molecular formula is C8H11BrOS. The molecule has 0 amide bonds. The van der Waals surface area contributed by atoms with Crippen LogP contribution in [0.5, 0.6) is 0 Å². The predicted molar refractivity (Wildman–Crippen MR) is 53.8 cm³/mol. The van der Waals surface area contributed by atoms with Crippen LogP contribution in [0.25, 0.3) is 0 Å². The van der Waals surface area contributed by atoms with Gasteiger partial charge in [-0.25, -0.2) is 0 Å². The van der Waals surface area contributed by atoms with Crippen LogP contribution in [0.3, 0.4) is 0 Å². The number of rotatable bonds is 1. The predicted octanol–water partition coefficient (Wildman–Crippen LogP) is 2.08. The molecule has 0 atom stereocenters. The van der Waals surface area contributed by atoms with Gasteiger partial charge in [-0.1, -0.05) is 25.9 Å². The Morgan fingerprint density at radius 1 is 1.18 bits per heavy atom. The highest BCUT2D eigenvalue weighted by atomic mass is 79.9. The minimum atomic E-state index is -2.06. The molecule has 0 aliphatic carbocycles.